The van der Waals surface area contributed by atoms with Gasteiger partial charge in [-0.1, -0.05) is 12.1 Å². The normalized spacial score (nSPS) is 10.1. The number of hydrogen-bond acceptors (Lipinski definition) is 6. The van der Waals surface area contributed by atoms with E-state index in [1.807, 2.05) is 0 Å². The minimum absolute atomic E-state index is 0.343. The number of pyridine rings is 2. The van der Waals surface area contributed by atoms with Gasteiger partial charge in [0.25, 0.3) is 0 Å². The lowest BCUT2D eigenvalue weighted by molar-refractivity contribution is -0.190. The van der Waals surface area contributed by atoms with Crippen molar-refractivity contribution in [3.63, 3.8) is 0 Å². The lowest BCUT2D eigenvalue weighted by Crippen LogP contribution is -2.28. The first-order valence-electron chi connectivity index (χ1n) is 6.08. The number of carbonyl (C=O) groups excluding carboxylic acids is 2. The van der Waals surface area contributed by atoms with E-state index in [9.17, 15) is 22.8 Å². The maximum Gasteiger partial charge on any atom is 0.491 e. The van der Waals surface area contributed by atoms with Crippen LogP contribution in [-0.4, -0.2) is 28.1 Å². The summed E-state index contributed by atoms with van der Waals surface area (Å²) in [7, 11) is 0. The Morgan fingerprint density at radius 1 is 0.913 bits per heavy atom. The van der Waals surface area contributed by atoms with Crippen molar-refractivity contribution in [2.24, 2.45) is 0 Å². The van der Waals surface area contributed by atoms with Crippen LogP contribution in [0.4, 0.5) is 13.2 Å². The van der Waals surface area contributed by atoms with Crippen LogP contribution in [0.25, 0.3) is 0 Å². The molecule has 0 spiro atoms. The molecule has 2 heterocycles. The van der Waals surface area contributed by atoms with E-state index in [0.29, 0.717) is 5.88 Å². The smallest absolute Gasteiger partial charge is 0.408 e. The van der Waals surface area contributed by atoms with Crippen molar-refractivity contribution in [1.82, 2.24) is 9.97 Å². The zero-order valence-corrected chi connectivity index (χ0v) is 11.8. The van der Waals surface area contributed by atoms with E-state index >= 15 is 0 Å². The van der Waals surface area contributed by atoms with Crippen molar-refractivity contribution < 1.29 is 32.2 Å². The third kappa shape index (κ3) is 7.55. The summed E-state index contributed by atoms with van der Waals surface area (Å²) in [6.45, 7) is 1.34. The predicted octanol–water partition coefficient (Wildman–Crippen LogP) is 2.56. The maximum atomic E-state index is 11.6. The van der Waals surface area contributed by atoms with Gasteiger partial charge in [0.15, 0.2) is 0 Å². The standard InChI is InChI=1S/C7H4F3NO2.C7H7NO2/c8-7(9,10)6(12)13-5-3-1-2-4-11-5;1-6(9)10-7-4-2-3-5-8-7/h1-4H;2-5H,1H3. The number of carbonyl (C=O) groups is 2. The van der Waals surface area contributed by atoms with E-state index < -0.39 is 12.1 Å². The molecule has 0 aliphatic carbocycles. The number of halogens is 3. The Labute approximate surface area is 128 Å². The third-order valence-corrected chi connectivity index (χ3v) is 1.95. The van der Waals surface area contributed by atoms with Gasteiger partial charge in [0, 0.05) is 31.5 Å². The van der Waals surface area contributed by atoms with Crippen molar-refractivity contribution in [3.8, 4) is 11.8 Å². The molecule has 0 saturated heterocycles. The molecule has 0 fully saturated rings. The first-order valence-corrected chi connectivity index (χ1v) is 6.08. The predicted molar refractivity (Wildman–Crippen MR) is 71.5 cm³/mol. The average Bonchev–Trinajstić information content (AvgIpc) is 2.48. The molecule has 0 N–H and O–H groups in total. The number of ether oxygens (including phenoxy) is 2. The highest BCUT2D eigenvalue weighted by atomic mass is 19.4. The summed E-state index contributed by atoms with van der Waals surface area (Å²) in [5, 5.41) is 0. The molecule has 0 amide bonds. The molecule has 0 unspecified atom stereocenters. The lowest BCUT2D eigenvalue weighted by atomic mass is 10.5. The molecular formula is C14H11F3N2O4. The van der Waals surface area contributed by atoms with E-state index in [2.05, 4.69) is 19.4 Å². The van der Waals surface area contributed by atoms with Crippen molar-refractivity contribution in [2.45, 2.75) is 13.1 Å². The highest BCUT2D eigenvalue weighted by molar-refractivity contribution is 5.77. The molecular weight excluding hydrogens is 317 g/mol. The van der Waals surface area contributed by atoms with Crippen molar-refractivity contribution in [2.75, 3.05) is 0 Å². The molecule has 0 radical (unpaired) electrons. The van der Waals surface area contributed by atoms with Gasteiger partial charge in [0.05, 0.1) is 0 Å². The largest absolute Gasteiger partial charge is 0.491 e. The molecule has 0 atom stereocenters. The molecule has 2 aromatic heterocycles. The fraction of sp³-hybridized carbons (Fsp3) is 0.143. The van der Waals surface area contributed by atoms with Crippen LogP contribution < -0.4 is 9.47 Å². The number of rotatable bonds is 2. The Morgan fingerprint density at radius 2 is 1.39 bits per heavy atom. The van der Waals surface area contributed by atoms with Crippen LogP contribution in [0.15, 0.2) is 48.8 Å². The minimum Gasteiger partial charge on any atom is -0.408 e. The molecule has 6 nitrogen and oxygen atoms in total. The van der Waals surface area contributed by atoms with Gasteiger partial charge in [-0.2, -0.15) is 13.2 Å². The number of alkyl halides is 3. The first-order chi connectivity index (χ1) is 10.8. The molecule has 2 rings (SSSR count). The van der Waals surface area contributed by atoms with Gasteiger partial charge in [-0.15, -0.1) is 0 Å². The van der Waals surface area contributed by atoms with E-state index in [1.165, 1.54) is 25.3 Å². The Balaban J connectivity index is 0.000000238. The van der Waals surface area contributed by atoms with E-state index in [0.717, 1.165) is 6.07 Å². The zero-order chi connectivity index (χ0) is 17.3. The fourth-order valence-corrected chi connectivity index (χ4v) is 1.12. The van der Waals surface area contributed by atoms with Gasteiger partial charge in [0.1, 0.15) is 0 Å². The Kier molecular flexibility index (Phi) is 6.66. The second-order valence-electron chi connectivity index (χ2n) is 3.82. The second kappa shape index (κ2) is 8.47. The molecule has 2 aromatic rings. The second-order valence-corrected chi connectivity index (χ2v) is 3.82. The van der Waals surface area contributed by atoms with E-state index in [1.54, 1.807) is 24.4 Å². The highest BCUT2D eigenvalue weighted by Gasteiger charge is 2.41. The Hall–Kier alpha value is -2.97. The van der Waals surface area contributed by atoms with Crippen LogP contribution >= 0.6 is 0 Å². The monoisotopic (exact) mass is 328 g/mol. The summed E-state index contributed by atoms with van der Waals surface area (Å²) < 4.78 is 43.5. The highest BCUT2D eigenvalue weighted by Crippen LogP contribution is 2.18. The molecule has 0 saturated carbocycles. The van der Waals surface area contributed by atoms with Crippen LogP contribution in [0.1, 0.15) is 6.92 Å². The van der Waals surface area contributed by atoms with Crippen molar-refractivity contribution in [3.05, 3.63) is 48.8 Å². The van der Waals surface area contributed by atoms with Gasteiger partial charge in [0.2, 0.25) is 11.8 Å². The van der Waals surface area contributed by atoms with Crippen molar-refractivity contribution in [1.29, 1.82) is 0 Å². The molecule has 0 aliphatic rings. The molecule has 0 aliphatic heterocycles. The van der Waals surface area contributed by atoms with Gasteiger partial charge in [-0.05, 0) is 12.1 Å². The zero-order valence-electron chi connectivity index (χ0n) is 11.8. The third-order valence-electron chi connectivity index (χ3n) is 1.95. The van der Waals surface area contributed by atoms with Crippen LogP contribution in [-0.2, 0) is 9.59 Å². The molecule has 9 heteroatoms. The van der Waals surface area contributed by atoms with E-state index in [4.69, 9.17) is 0 Å². The summed E-state index contributed by atoms with van der Waals surface area (Å²) in [6.07, 6.45) is -2.20. The molecule has 23 heavy (non-hydrogen) atoms. The van der Waals surface area contributed by atoms with Crippen LogP contribution in [0.5, 0.6) is 11.8 Å². The number of nitrogens with zero attached hydrogens (tertiary/aromatic N) is 2. The van der Waals surface area contributed by atoms with Gasteiger partial charge >= 0.3 is 18.1 Å². The SMILES string of the molecule is CC(=O)Oc1ccccn1.O=C(Oc1ccccn1)C(F)(F)F. The van der Waals surface area contributed by atoms with Crippen LogP contribution in [0, 0.1) is 0 Å². The number of esters is 2. The number of hydrogen-bond donors (Lipinski definition) is 0. The first kappa shape index (κ1) is 18.1. The van der Waals surface area contributed by atoms with Crippen molar-refractivity contribution >= 4 is 11.9 Å². The van der Waals surface area contributed by atoms with Gasteiger partial charge in [-0.25, -0.2) is 14.8 Å². The number of aromatic nitrogens is 2. The fourth-order valence-electron chi connectivity index (χ4n) is 1.12. The summed E-state index contributed by atoms with van der Waals surface area (Å²) in [4.78, 5) is 27.8. The molecule has 122 valence electrons. The Morgan fingerprint density at radius 3 is 1.74 bits per heavy atom. The summed E-state index contributed by atoms with van der Waals surface area (Å²) >= 11 is 0. The topological polar surface area (TPSA) is 78.4 Å². The molecule has 0 bridgehead atoms. The molecule has 0 aromatic carbocycles. The minimum atomic E-state index is -4.99. The van der Waals surface area contributed by atoms with Crippen LogP contribution in [0.3, 0.4) is 0 Å². The lowest BCUT2D eigenvalue weighted by Gasteiger charge is -2.04. The van der Waals surface area contributed by atoms with E-state index in [-0.39, 0.29) is 11.8 Å². The quantitative estimate of drug-likeness (QED) is 0.789. The summed E-state index contributed by atoms with van der Waals surface area (Å²) in [5.74, 6) is -2.65. The van der Waals surface area contributed by atoms with Crippen LogP contribution in [0.2, 0.25) is 0 Å². The van der Waals surface area contributed by atoms with Gasteiger partial charge in [-0.3, -0.25) is 4.79 Å². The Bertz CT molecular complexity index is 633. The van der Waals surface area contributed by atoms with Gasteiger partial charge < -0.3 is 9.47 Å². The summed E-state index contributed by atoms with van der Waals surface area (Å²) in [6, 6.07) is 9.19. The average molecular weight is 328 g/mol. The maximum absolute atomic E-state index is 11.6. The summed E-state index contributed by atoms with van der Waals surface area (Å²) in [5.41, 5.74) is 0.